The Hall–Kier alpha value is -3.54. The van der Waals surface area contributed by atoms with Crippen molar-refractivity contribution in [2.24, 2.45) is 0 Å². The predicted octanol–water partition coefficient (Wildman–Crippen LogP) is 3.62. The second-order valence-electron chi connectivity index (χ2n) is 10.6. The fourth-order valence-electron chi connectivity index (χ4n) is 5.06. The third kappa shape index (κ3) is 8.05. The molecule has 0 bridgehead atoms. The Kier molecular flexibility index (Phi) is 11.3. The van der Waals surface area contributed by atoms with E-state index in [1.807, 2.05) is 24.0 Å². The number of amides is 2. The van der Waals surface area contributed by atoms with Gasteiger partial charge in [0.15, 0.2) is 5.11 Å². The summed E-state index contributed by atoms with van der Waals surface area (Å²) in [7, 11) is 2.13. The summed E-state index contributed by atoms with van der Waals surface area (Å²) in [6.45, 7) is 10.2. The molecule has 2 amide bonds. The van der Waals surface area contributed by atoms with Gasteiger partial charge in [0.1, 0.15) is 11.8 Å². The fraction of sp³-hybridized carbons (Fsp3) is 0.484. The van der Waals surface area contributed by atoms with Crippen LogP contribution in [-0.4, -0.2) is 103 Å². The zero-order valence-electron chi connectivity index (χ0n) is 24.7. The Balaban J connectivity index is 1.46. The molecule has 11 heteroatoms. The summed E-state index contributed by atoms with van der Waals surface area (Å²) in [5.41, 5.74) is 1.57. The van der Waals surface area contributed by atoms with E-state index in [0.717, 1.165) is 51.3 Å². The molecule has 0 saturated carbocycles. The van der Waals surface area contributed by atoms with Crippen LogP contribution in [0.1, 0.15) is 43.5 Å². The van der Waals surface area contributed by atoms with Crippen molar-refractivity contribution < 1.29 is 23.9 Å². The highest BCUT2D eigenvalue weighted by Gasteiger charge is 2.44. The second-order valence-corrected chi connectivity index (χ2v) is 10.9. The molecule has 2 fully saturated rings. The number of piperazine rings is 1. The molecule has 2 aliphatic rings. The molecule has 226 valence electrons. The molecule has 42 heavy (non-hydrogen) atoms. The number of hydrogen-bond donors (Lipinski definition) is 1. The number of ether oxygens (including phenoxy) is 2. The summed E-state index contributed by atoms with van der Waals surface area (Å²) in [6, 6.07) is 13.1. The summed E-state index contributed by atoms with van der Waals surface area (Å²) in [6.07, 6.45) is 1.68. The van der Waals surface area contributed by atoms with Gasteiger partial charge >= 0.3 is 5.97 Å². The van der Waals surface area contributed by atoms with E-state index in [-0.39, 0.29) is 24.8 Å². The highest BCUT2D eigenvalue weighted by Crippen LogP contribution is 2.28. The summed E-state index contributed by atoms with van der Waals surface area (Å²) in [4.78, 5) is 47.1. The minimum absolute atomic E-state index is 0.0427. The number of thiocarbonyl (C=S) groups is 1. The van der Waals surface area contributed by atoms with Gasteiger partial charge in [-0.3, -0.25) is 14.5 Å². The van der Waals surface area contributed by atoms with Gasteiger partial charge < -0.3 is 29.5 Å². The van der Waals surface area contributed by atoms with Gasteiger partial charge in [0.05, 0.1) is 30.9 Å². The maximum atomic E-state index is 13.8. The summed E-state index contributed by atoms with van der Waals surface area (Å²) in [5.74, 6) is -0.226. The van der Waals surface area contributed by atoms with Crippen LogP contribution in [0.3, 0.4) is 0 Å². The third-order valence-electron chi connectivity index (χ3n) is 7.41. The first-order valence-electron chi connectivity index (χ1n) is 14.7. The molecule has 1 N–H and O–H groups in total. The maximum absolute atomic E-state index is 13.8. The van der Waals surface area contributed by atoms with Crippen molar-refractivity contribution in [3.63, 3.8) is 0 Å². The number of carbonyl (C=O) groups excluding carboxylic acids is 3. The number of rotatable bonds is 13. The van der Waals surface area contributed by atoms with E-state index in [1.165, 1.54) is 4.90 Å². The highest BCUT2D eigenvalue weighted by molar-refractivity contribution is 7.80. The Morgan fingerprint density at radius 2 is 1.67 bits per heavy atom. The van der Waals surface area contributed by atoms with Gasteiger partial charge in [-0.25, -0.2) is 4.79 Å². The van der Waals surface area contributed by atoms with Gasteiger partial charge in [-0.1, -0.05) is 6.92 Å². The highest BCUT2D eigenvalue weighted by atomic mass is 32.1. The van der Waals surface area contributed by atoms with Gasteiger partial charge in [0.25, 0.3) is 5.91 Å². The van der Waals surface area contributed by atoms with Crippen LogP contribution in [0.5, 0.6) is 5.75 Å². The van der Waals surface area contributed by atoms with Crippen molar-refractivity contribution >= 4 is 46.5 Å². The van der Waals surface area contributed by atoms with Crippen molar-refractivity contribution in [1.29, 1.82) is 0 Å². The van der Waals surface area contributed by atoms with Crippen LogP contribution < -0.4 is 15.0 Å². The number of hydrogen-bond acceptors (Lipinski definition) is 8. The van der Waals surface area contributed by atoms with E-state index in [9.17, 15) is 14.4 Å². The van der Waals surface area contributed by atoms with Gasteiger partial charge in [0.2, 0.25) is 5.91 Å². The van der Waals surface area contributed by atoms with Crippen LogP contribution in [0.25, 0.3) is 0 Å². The van der Waals surface area contributed by atoms with E-state index in [2.05, 4.69) is 22.2 Å². The number of nitrogens with one attached hydrogen (secondary N) is 1. The summed E-state index contributed by atoms with van der Waals surface area (Å²) in [5, 5.41) is 3.27. The first kappa shape index (κ1) is 31.4. The molecule has 2 aliphatic heterocycles. The molecule has 0 aliphatic carbocycles. The monoisotopic (exact) mass is 595 g/mol. The molecule has 2 heterocycles. The quantitative estimate of drug-likeness (QED) is 0.275. The molecule has 2 aromatic carbocycles. The minimum atomic E-state index is -0.734. The maximum Gasteiger partial charge on any atom is 0.338 e. The number of anilines is 2. The molecule has 1 atom stereocenters. The molecule has 0 radical (unpaired) electrons. The molecule has 10 nitrogen and oxygen atoms in total. The molecule has 0 aromatic heterocycles. The molecule has 4 rings (SSSR count). The average Bonchev–Trinajstić information content (AvgIpc) is 3.21. The van der Waals surface area contributed by atoms with E-state index < -0.39 is 12.0 Å². The molecular formula is C31H41N5O5S. The molecule has 2 aromatic rings. The average molecular weight is 596 g/mol. The molecule has 0 unspecified atom stereocenters. The molecular weight excluding hydrogens is 554 g/mol. The molecule has 0 spiro atoms. The van der Waals surface area contributed by atoms with Crippen LogP contribution in [0.15, 0.2) is 48.5 Å². The van der Waals surface area contributed by atoms with Gasteiger partial charge in [0, 0.05) is 38.4 Å². The van der Waals surface area contributed by atoms with E-state index in [1.54, 1.807) is 43.3 Å². The Morgan fingerprint density at radius 1 is 0.976 bits per heavy atom. The lowest BCUT2D eigenvalue weighted by molar-refractivity contribution is -0.124. The number of likely N-dealkylation sites (N-methyl/N-ethyl adjacent to an activating group) is 1. The SMILES string of the molecule is CCCOc1ccc(NC(=O)C[C@@H]2C(=O)N(c3ccc(C(=O)OCC)cc3)C(=S)N2CCCN2CCN(C)CC2)cc1. The third-order valence-corrected chi connectivity index (χ3v) is 7.83. The van der Waals surface area contributed by atoms with Crippen molar-refractivity contribution in [2.45, 2.75) is 39.2 Å². The first-order valence-corrected chi connectivity index (χ1v) is 15.1. The number of benzene rings is 2. The van der Waals surface area contributed by atoms with Gasteiger partial charge in [-0.05, 0) is 94.1 Å². The Morgan fingerprint density at radius 3 is 2.31 bits per heavy atom. The normalized spacial score (nSPS) is 17.9. The van der Waals surface area contributed by atoms with E-state index >= 15 is 0 Å². The largest absolute Gasteiger partial charge is 0.494 e. The van der Waals surface area contributed by atoms with E-state index in [0.29, 0.717) is 35.2 Å². The van der Waals surface area contributed by atoms with Crippen molar-refractivity contribution in [3.05, 3.63) is 54.1 Å². The van der Waals surface area contributed by atoms with E-state index in [4.69, 9.17) is 21.7 Å². The van der Waals surface area contributed by atoms with Crippen molar-refractivity contribution in [3.8, 4) is 5.75 Å². The summed E-state index contributed by atoms with van der Waals surface area (Å²) >= 11 is 5.81. The lowest BCUT2D eigenvalue weighted by Crippen LogP contribution is -2.45. The Labute approximate surface area is 253 Å². The number of nitrogens with zero attached hydrogens (tertiary/aromatic N) is 4. The lowest BCUT2D eigenvalue weighted by atomic mass is 10.1. The zero-order chi connectivity index (χ0) is 30.1. The number of carbonyl (C=O) groups is 3. The smallest absolute Gasteiger partial charge is 0.338 e. The number of esters is 1. The van der Waals surface area contributed by atoms with Crippen LogP contribution in [0.2, 0.25) is 0 Å². The van der Waals surface area contributed by atoms with Crippen molar-refractivity contribution in [2.75, 3.05) is 69.7 Å². The van der Waals surface area contributed by atoms with Crippen LogP contribution >= 0.6 is 12.2 Å². The zero-order valence-corrected chi connectivity index (χ0v) is 25.5. The second kappa shape index (κ2) is 15.1. The minimum Gasteiger partial charge on any atom is -0.494 e. The van der Waals surface area contributed by atoms with Crippen LogP contribution in [-0.2, 0) is 14.3 Å². The van der Waals surface area contributed by atoms with Crippen LogP contribution in [0, 0.1) is 0 Å². The molecule has 2 saturated heterocycles. The van der Waals surface area contributed by atoms with Gasteiger partial charge in [-0.2, -0.15) is 0 Å². The predicted molar refractivity (Wildman–Crippen MR) is 167 cm³/mol. The first-order chi connectivity index (χ1) is 20.3. The topological polar surface area (TPSA) is 94.7 Å². The Bertz CT molecular complexity index is 1230. The van der Waals surface area contributed by atoms with Gasteiger partial charge in [-0.15, -0.1) is 0 Å². The standard InChI is InChI=1S/C31H41N5O5S/c1-4-21-41-26-13-9-24(10-14-26)32-28(37)22-27-29(38)36(25-11-7-23(8-12-25)30(39)40-5-2)31(42)35(27)16-6-15-34-19-17-33(3)18-20-34/h7-14,27H,4-6,15-22H2,1-3H3,(H,32,37)/t27-/m1/s1. The lowest BCUT2D eigenvalue weighted by Gasteiger charge is -2.33. The summed E-state index contributed by atoms with van der Waals surface area (Å²) < 4.78 is 10.7. The van der Waals surface area contributed by atoms with Crippen molar-refractivity contribution in [1.82, 2.24) is 14.7 Å². The van der Waals surface area contributed by atoms with Crippen LogP contribution in [0.4, 0.5) is 11.4 Å². The fourth-order valence-corrected chi connectivity index (χ4v) is 5.48.